The van der Waals surface area contributed by atoms with E-state index in [0.717, 1.165) is 12.0 Å². The van der Waals surface area contributed by atoms with Crippen molar-refractivity contribution < 1.29 is 50.7 Å². The van der Waals surface area contributed by atoms with Crippen molar-refractivity contribution in [3.63, 3.8) is 0 Å². The average Bonchev–Trinajstić information content (AvgIpc) is 3.08. The molecule has 23 heavy (non-hydrogen) atoms. The van der Waals surface area contributed by atoms with Crippen LogP contribution in [0.25, 0.3) is 6.08 Å². The van der Waals surface area contributed by atoms with Crippen LogP contribution in [-0.4, -0.2) is 8.80 Å². The number of hydrogen-bond donors (Lipinski definition) is 0. The molecule has 0 fully saturated rings. The van der Waals surface area contributed by atoms with E-state index in [-0.39, 0.29) is 59.5 Å². The molecular formula is C19H24Cl2HfSi-3. The van der Waals surface area contributed by atoms with Gasteiger partial charge in [-0.1, -0.05) is 69.3 Å². The Morgan fingerprint density at radius 2 is 1.87 bits per heavy atom. The van der Waals surface area contributed by atoms with Crippen molar-refractivity contribution in [1.82, 2.24) is 0 Å². The second kappa shape index (κ2) is 13.4. The number of halogens is 2. The van der Waals surface area contributed by atoms with Crippen molar-refractivity contribution in [3.8, 4) is 0 Å². The summed E-state index contributed by atoms with van der Waals surface area (Å²) in [7, 11) is -0.211. The second-order valence-corrected chi connectivity index (χ2v) is 8.40. The van der Waals surface area contributed by atoms with E-state index in [4.69, 9.17) is 0 Å². The quantitative estimate of drug-likeness (QED) is 0.368. The Bertz CT molecular complexity index is 536. The zero-order chi connectivity index (χ0) is 14.4. The minimum Gasteiger partial charge on any atom is -1.00 e. The molecule has 1 aromatic rings. The molecule has 0 nitrogen and oxygen atoms in total. The molecule has 0 spiro atoms. The smallest absolute Gasteiger partial charge is 0.0548 e. The van der Waals surface area contributed by atoms with Crippen molar-refractivity contribution in [2.45, 2.75) is 44.8 Å². The van der Waals surface area contributed by atoms with Gasteiger partial charge in [0.15, 0.2) is 0 Å². The molecule has 4 heteroatoms. The van der Waals surface area contributed by atoms with Crippen molar-refractivity contribution in [1.29, 1.82) is 0 Å². The van der Waals surface area contributed by atoms with E-state index in [0.29, 0.717) is 0 Å². The summed E-state index contributed by atoms with van der Waals surface area (Å²) in [4.78, 5) is 0. The fourth-order valence-electron chi connectivity index (χ4n) is 2.65. The first-order valence-electron chi connectivity index (χ1n) is 7.55. The van der Waals surface area contributed by atoms with Crippen LogP contribution in [0.3, 0.4) is 0 Å². The summed E-state index contributed by atoms with van der Waals surface area (Å²) >= 11 is 0. The molecule has 3 rings (SSSR count). The van der Waals surface area contributed by atoms with Gasteiger partial charge < -0.3 is 24.8 Å². The third-order valence-corrected chi connectivity index (χ3v) is 5.48. The van der Waals surface area contributed by atoms with Gasteiger partial charge in [-0.3, -0.25) is 6.08 Å². The molecule has 1 unspecified atom stereocenters. The average molecular weight is 530 g/mol. The molecular weight excluding hydrogens is 506 g/mol. The maximum absolute atomic E-state index is 3.14. The van der Waals surface area contributed by atoms with Gasteiger partial charge in [-0.15, -0.1) is 6.42 Å². The number of benzene rings is 1. The first kappa shape index (κ1) is 25.3. The number of fused-ring (bicyclic) bond motifs is 1. The predicted octanol–water partition coefficient (Wildman–Crippen LogP) is -0.428. The van der Waals surface area contributed by atoms with Gasteiger partial charge in [-0.25, -0.2) is 11.6 Å². The molecule has 0 aliphatic heterocycles. The van der Waals surface area contributed by atoms with Crippen LogP contribution in [0.15, 0.2) is 48.1 Å². The first-order valence-corrected chi connectivity index (χ1v) is 10.1. The normalized spacial score (nSPS) is 16.3. The molecule has 0 bridgehead atoms. The van der Waals surface area contributed by atoms with E-state index in [1.165, 1.54) is 29.5 Å². The molecule has 0 heterocycles. The fourth-order valence-corrected chi connectivity index (χ4v) is 4.02. The molecule has 0 saturated carbocycles. The Morgan fingerprint density at radius 3 is 2.43 bits per heavy atom. The van der Waals surface area contributed by atoms with Crippen LogP contribution < -0.4 is 24.8 Å². The molecule has 0 aromatic heterocycles. The third-order valence-electron chi connectivity index (χ3n) is 3.73. The Morgan fingerprint density at radius 1 is 1.17 bits per heavy atom. The van der Waals surface area contributed by atoms with E-state index in [9.17, 15) is 0 Å². The third kappa shape index (κ3) is 7.68. The molecule has 2 aliphatic carbocycles. The van der Waals surface area contributed by atoms with E-state index < -0.39 is 0 Å². The first-order chi connectivity index (χ1) is 9.72. The largest absolute Gasteiger partial charge is 1.00 e. The van der Waals surface area contributed by atoms with Crippen LogP contribution in [0.4, 0.5) is 0 Å². The Labute approximate surface area is 174 Å². The van der Waals surface area contributed by atoms with Crippen molar-refractivity contribution in [3.05, 3.63) is 65.3 Å². The zero-order valence-electron chi connectivity index (χ0n) is 14.1. The van der Waals surface area contributed by atoms with E-state index in [1.807, 2.05) is 0 Å². The predicted molar refractivity (Wildman–Crippen MR) is 91.1 cm³/mol. The molecule has 125 valence electrons. The Kier molecular flexibility index (Phi) is 14.8. The van der Waals surface area contributed by atoms with Crippen LogP contribution in [0.2, 0.25) is 13.1 Å². The van der Waals surface area contributed by atoms with Crippen molar-refractivity contribution in [2.24, 2.45) is 0 Å². The van der Waals surface area contributed by atoms with Crippen LogP contribution in [0, 0.1) is 6.08 Å². The van der Waals surface area contributed by atoms with Gasteiger partial charge >= 0.3 is 0 Å². The standard InChI is InChI=1S/C11H13Si.C8H11.2ClH.Hf/c1-12(2)11-8-7-9-5-3-4-6-10(9)11;1-2-5-8-6-3-4-7-8;;;/h3-8,11H,1-2H3;6-7H,2-3,5H2,1H3;2*1H;/q;-1;;;/p-2. The minimum atomic E-state index is -0.211. The maximum Gasteiger partial charge on any atom is 0.0548 e. The van der Waals surface area contributed by atoms with Gasteiger partial charge in [0.1, 0.15) is 0 Å². The minimum absolute atomic E-state index is 0. The monoisotopic (exact) mass is 530 g/mol. The fraction of sp³-hybridized carbons (Fsp3) is 0.368. The SMILES string of the molecule is CCCC1=CC[C-]=C1.C[Si](C)C1C=Cc2ccccc21.[Cl-].[Cl-].[Hf]. The van der Waals surface area contributed by atoms with Crippen LogP contribution in [-0.2, 0) is 25.8 Å². The van der Waals surface area contributed by atoms with Gasteiger partial charge in [0, 0.05) is 25.8 Å². The van der Waals surface area contributed by atoms with Crippen LogP contribution >= 0.6 is 0 Å². The molecule has 0 N–H and O–H groups in total. The summed E-state index contributed by atoms with van der Waals surface area (Å²) in [6.45, 7) is 6.95. The van der Waals surface area contributed by atoms with E-state index in [2.05, 4.69) is 74.7 Å². The number of hydrogen-bond acceptors (Lipinski definition) is 0. The number of allylic oxidation sites excluding steroid dienone is 5. The van der Waals surface area contributed by atoms with Crippen molar-refractivity contribution in [2.75, 3.05) is 0 Å². The van der Waals surface area contributed by atoms with Gasteiger partial charge in [-0.05, 0) is 16.7 Å². The van der Waals surface area contributed by atoms with Crippen LogP contribution in [0.1, 0.15) is 42.9 Å². The summed E-state index contributed by atoms with van der Waals surface area (Å²) in [5.74, 6) is 0. The molecule has 1 aromatic carbocycles. The summed E-state index contributed by atoms with van der Waals surface area (Å²) in [6, 6.07) is 8.72. The van der Waals surface area contributed by atoms with Gasteiger partial charge in [0.25, 0.3) is 0 Å². The van der Waals surface area contributed by atoms with Gasteiger partial charge in [0.05, 0.1) is 8.80 Å². The summed E-state index contributed by atoms with van der Waals surface area (Å²) in [5, 5.41) is 0. The topological polar surface area (TPSA) is 0 Å². The van der Waals surface area contributed by atoms with E-state index in [1.54, 1.807) is 0 Å². The maximum atomic E-state index is 3.14. The van der Waals surface area contributed by atoms with E-state index >= 15 is 0 Å². The van der Waals surface area contributed by atoms with Gasteiger partial charge in [-0.2, -0.15) is 6.08 Å². The van der Waals surface area contributed by atoms with Gasteiger partial charge in [0.2, 0.25) is 0 Å². The second-order valence-electron chi connectivity index (χ2n) is 5.62. The van der Waals surface area contributed by atoms with Crippen molar-refractivity contribution >= 4 is 14.9 Å². The summed E-state index contributed by atoms with van der Waals surface area (Å²) in [5.41, 5.74) is 5.17. The Hall–Kier alpha value is 0.107. The summed E-state index contributed by atoms with van der Waals surface area (Å²) < 4.78 is 0. The molecule has 0 saturated heterocycles. The molecule has 1 atom stereocenters. The molecule has 1 radical (unpaired) electrons. The zero-order valence-corrected chi connectivity index (χ0v) is 20.2. The molecule has 0 amide bonds. The number of rotatable bonds is 3. The molecule has 2 aliphatic rings. The Balaban J connectivity index is 0. The van der Waals surface area contributed by atoms with Crippen LogP contribution in [0.5, 0.6) is 0 Å². The summed E-state index contributed by atoms with van der Waals surface area (Å²) in [6.07, 6.45) is 15.6.